The lowest BCUT2D eigenvalue weighted by Gasteiger charge is -2.10. The van der Waals surface area contributed by atoms with Crippen molar-refractivity contribution in [2.75, 3.05) is 6.54 Å². The molecule has 2 N–H and O–H groups in total. The fourth-order valence-electron chi connectivity index (χ4n) is 0.395. The van der Waals surface area contributed by atoms with Gasteiger partial charge in [0.25, 0.3) is 0 Å². The number of rotatable bonds is 0. The molecule has 0 bridgehead atoms. The first-order chi connectivity index (χ1) is 3.39. The highest BCUT2D eigenvalue weighted by Gasteiger charge is 2.00. The van der Waals surface area contributed by atoms with E-state index in [4.69, 9.17) is 5.11 Å². The number of nitrogens with one attached hydrogen (secondary N) is 1. The third-order valence-corrected chi connectivity index (χ3v) is 1.49. The quantitative estimate of drug-likeness (QED) is 0.472. The number of aliphatic hydroxyl groups is 1. The number of hydrogen-bond donors (Lipinski definition) is 2. The van der Waals surface area contributed by atoms with Crippen molar-refractivity contribution < 1.29 is 5.11 Å². The lowest BCUT2D eigenvalue weighted by molar-refractivity contribution is 0.230. The Kier molecular flexibility index (Phi) is 1.73. The Morgan fingerprint density at radius 1 is 1.86 bits per heavy atom. The van der Waals surface area contributed by atoms with E-state index in [-0.39, 0.29) is 5.56 Å². The zero-order valence-electron chi connectivity index (χ0n) is 3.79. The van der Waals surface area contributed by atoms with Crippen molar-refractivity contribution in [1.82, 2.24) is 5.32 Å². The smallest absolute Gasteiger partial charge is 0.157 e. The summed E-state index contributed by atoms with van der Waals surface area (Å²) >= 11 is 1.38. The third kappa shape index (κ3) is 1.51. The van der Waals surface area contributed by atoms with Gasteiger partial charge in [0.2, 0.25) is 0 Å². The van der Waals surface area contributed by atoms with Gasteiger partial charge in [0, 0.05) is 6.54 Å². The topological polar surface area (TPSA) is 32.3 Å². The van der Waals surface area contributed by atoms with E-state index in [1.54, 1.807) is 0 Å². The van der Waals surface area contributed by atoms with Crippen molar-refractivity contribution in [2.45, 2.75) is 5.56 Å². The van der Waals surface area contributed by atoms with E-state index in [0.717, 1.165) is 6.54 Å². The number of aliphatic hydroxyl groups excluding tert-OH is 1. The molecule has 0 radical (unpaired) electrons. The lowest BCUT2D eigenvalue weighted by atomic mass is 10.6. The van der Waals surface area contributed by atoms with E-state index in [0.29, 0.717) is 0 Å². The second-order valence-corrected chi connectivity index (χ2v) is 2.26. The predicted octanol–water partition coefficient (Wildman–Crippen LogP) is 0.112. The molecule has 0 aromatic heterocycles. The van der Waals surface area contributed by atoms with Gasteiger partial charge >= 0.3 is 0 Å². The van der Waals surface area contributed by atoms with Gasteiger partial charge in [0.15, 0.2) is 5.56 Å². The van der Waals surface area contributed by atoms with Gasteiger partial charge in [-0.2, -0.15) is 0 Å². The summed E-state index contributed by atoms with van der Waals surface area (Å²) in [4.78, 5) is 0. The summed E-state index contributed by atoms with van der Waals surface area (Å²) in [5, 5.41) is 13.4. The average molecular weight is 117 g/mol. The first kappa shape index (κ1) is 5.15. The predicted molar refractivity (Wildman–Crippen MR) is 30.7 cm³/mol. The highest BCUT2D eigenvalue weighted by molar-refractivity contribution is 8.02. The van der Waals surface area contributed by atoms with Crippen molar-refractivity contribution in [2.24, 2.45) is 0 Å². The van der Waals surface area contributed by atoms with Crippen LogP contribution in [0.25, 0.3) is 0 Å². The second-order valence-electron chi connectivity index (χ2n) is 1.27. The fourth-order valence-corrected chi connectivity index (χ4v) is 0.944. The third-order valence-electron chi connectivity index (χ3n) is 0.714. The molecule has 1 aliphatic heterocycles. The van der Waals surface area contributed by atoms with Gasteiger partial charge < -0.3 is 5.11 Å². The van der Waals surface area contributed by atoms with Gasteiger partial charge in [-0.3, -0.25) is 5.32 Å². The molecule has 0 saturated heterocycles. The molecule has 40 valence electrons. The summed E-state index contributed by atoms with van der Waals surface area (Å²) in [7, 11) is 0. The van der Waals surface area contributed by atoms with Crippen LogP contribution in [0.4, 0.5) is 0 Å². The second kappa shape index (κ2) is 2.35. The first-order valence-electron chi connectivity index (χ1n) is 2.11. The molecule has 0 aromatic carbocycles. The van der Waals surface area contributed by atoms with Crippen LogP contribution in [0.1, 0.15) is 0 Å². The van der Waals surface area contributed by atoms with Gasteiger partial charge in [0.05, 0.1) is 0 Å². The van der Waals surface area contributed by atoms with E-state index in [1.807, 2.05) is 11.5 Å². The molecule has 1 aliphatic rings. The van der Waals surface area contributed by atoms with Gasteiger partial charge in [-0.25, -0.2) is 0 Å². The van der Waals surface area contributed by atoms with Crippen LogP contribution in [0, 0.1) is 0 Å². The summed E-state index contributed by atoms with van der Waals surface area (Å²) in [5.41, 5.74) is -0.384. The van der Waals surface area contributed by atoms with Crippen molar-refractivity contribution in [1.29, 1.82) is 0 Å². The monoisotopic (exact) mass is 117 g/mol. The molecule has 1 unspecified atom stereocenters. The van der Waals surface area contributed by atoms with E-state index >= 15 is 0 Å². The van der Waals surface area contributed by atoms with Crippen LogP contribution in [0.2, 0.25) is 0 Å². The summed E-state index contributed by atoms with van der Waals surface area (Å²) in [6, 6.07) is 0. The van der Waals surface area contributed by atoms with Crippen LogP contribution in [0.3, 0.4) is 0 Å². The fraction of sp³-hybridized carbons (Fsp3) is 0.500. The molecule has 1 atom stereocenters. The maximum atomic E-state index is 8.71. The molecule has 0 aliphatic carbocycles. The molecule has 0 aromatic rings. The maximum Gasteiger partial charge on any atom is 0.157 e. The molecule has 7 heavy (non-hydrogen) atoms. The van der Waals surface area contributed by atoms with Gasteiger partial charge in [-0.1, -0.05) is 17.8 Å². The Labute approximate surface area is 46.6 Å². The Hall–Kier alpha value is 0.01000. The largest absolute Gasteiger partial charge is 0.369 e. The minimum absolute atomic E-state index is 0.384. The Balaban J connectivity index is 2.32. The molecule has 0 fully saturated rings. The molecule has 3 heteroatoms. The molecule has 0 amide bonds. The van der Waals surface area contributed by atoms with Crippen molar-refractivity contribution in [3.05, 3.63) is 11.5 Å². The highest BCUT2D eigenvalue weighted by Crippen LogP contribution is 2.08. The zero-order chi connectivity index (χ0) is 5.11. The zero-order valence-corrected chi connectivity index (χ0v) is 4.61. The normalized spacial score (nSPS) is 30.7. The minimum Gasteiger partial charge on any atom is -0.369 e. The lowest BCUT2D eigenvalue weighted by Crippen LogP contribution is -2.26. The van der Waals surface area contributed by atoms with Gasteiger partial charge in [-0.15, -0.1) is 0 Å². The Bertz CT molecular complexity index is 83.8. The van der Waals surface area contributed by atoms with Crippen LogP contribution in [0.5, 0.6) is 0 Å². The number of thioether (sulfide) groups is 1. The average Bonchev–Trinajstić information content (AvgIpc) is 1.69. The summed E-state index contributed by atoms with van der Waals surface area (Å²) in [6.07, 6.45) is 1.97. The number of hydrogen-bond acceptors (Lipinski definition) is 3. The minimum atomic E-state index is -0.384. The molecule has 1 heterocycles. The van der Waals surface area contributed by atoms with Gasteiger partial charge in [-0.05, 0) is 5.41 Å². The summed E-state index contributed by atoms with van der Waals surface area (Å²) in [5.74, 6) is 0. The van der Waals surface area contributed by atoms with Crippen LogP contribution in [-0.2, 0) is 0 Å². The van der Waals surface area contributed by atoms with Crippen LogP contribution >= 0.6 is 11.8 Å². The van der Waals surface area contributed by atoms with Gasteiger partial charge in [0.1, 0.15) is 0 Å². The maximum absolute atomic E-state index is 8.71. The van der Waals surface area contributed by atoms with Crippen LogP contribution in [-0.4, -0.2) is 17.2 Å². The van der Waals surface area contributed by atoms with E-state index < -0.39 is 0 Å². The summed E-state index contributed by atoms with van der Waals surface area (Å²) < 4.78 is 0. The van der Waals surface area contributed by atoms with Crippen LogP contribution < -0.4 is 5.32 Å². The van der Waals surface area contributed by atoms with E-state index in [2.05, 4.69) is 5.32 Å². The molecule has 1 rings (SSSR count). The van der Waals surface area contributed by atoms with Crippen molar-refractivity contribution >= 4 is 11.8 Å². The molecular formula is C4H7NOS. The standard InChI is InChI=1S/C4H7NOS/c6-4-5-2-1-3-7-4/h1,3-6H,2H2. The SMILES string of the molecule is OC1NCC=CS1. The van der Waals surface area contributed by atoms with Crippen LogP contribution in [0.15, 0.2) is 11.5 Å². The Morgan fingerprint density at radius 2 is 2.71 bits per heavy atom. The van der Waals surface area contributed by atoms with E-state index in [9.17, 15) is 0 Å². The Morgan fingerprint density at radius 3 is 3.00 bits per heavy atom. The van der Waals surface area contributed by atoms with Crippen molar-refractivity contribution in [3.63, 3.8) is 0 Å². The highest BCUT2D eigenvalue weighted by atomic mass is 32.2. The first-order valence-corrected chi connectivity index (χ1v) is 3.06. The molecule has 0 saturated carbocycles. The van der Waals surface area contributed by atoms with Crippen molar-refractivity contribution in [3.8, 4) is 0 Å². The molecule has 0 spiro atoms. The summed E-state index contributed by atoms with van der Waals surface area (Å²) in [6.45, 7) is 0.786. The van der Waals surface area contributed by atoms with E-state index in [1.165, 1.54) is 11.8 Å². The molecule has 2 nitrogen and oxygen atoms in total. The molecular weight excluding hydrogens is 110 g/mol.